The van der Waals surface area contributed by atoms with Crippen LogP contribution in [0, 0.1) is 0 Å². The van der Waals surface area contributed by atoms with Crippen molar-refractivity contribution < 1.29 is 29.2 Å². The van der Waals surface area contributed by atoms with Crippen LogP contribution in [0.4, 0.5) is 4.79 Å². The molecular weight excluding hydrogens is 362 g/mol. The fraction of sp³-hybridized carbons (Fsp3) is 0.571. The molecule has 1 amide bonds. The normalized spacial score (nSPS) is 25.5. The Balaban J connectivity index is 2.01. The van der Waals surface area contributed by atoms with E-state index < -0.39 is 29.3 Å². The zero-order valence-electron chi connectivity index (χ0n) is 17.1. The third kappa shape index (κ3) is 3.56. The summed E-state index contributed by atoms with van der Waals surface area (Å²) in [6, 6.07) is 3.67. The van der Waals surface area contributed by atoms with Gasteiger partial charge in [0.2, 0.25) is 0 Å². The lowest BCUT2D eigenvalue weighted by atomic mass is 9.71. The second-order valence-corrected chi connectivity index (χ2v) is 8.43. The van der Waals surface area contributed by atoms with Gasteiger partial charge in [0, 0.05) is 25.6 Å². The first kappa shape index (κ1) is 20.5. The Morgan fingerprint density at radius 1 is 1.39 bits per heavy atom. The van der Waals surface area contributed by atoms with E-state index in [-0.39, 0.29) is 13.2 Å². The maximum absolute atomic E-state index is 12.4. The standard InChI is InChI=1S/C21H29NO6/c1-20(2,3)28-19(25)22(4)11-13-6-7-15(26-5)18-17(13)21(12-23)9-8-14(24)10-16(21)27-18/h6-9,14,16,23-24H,10-12H2,1-5H3/t14-,16-,21-/m0/s1. The van der Waals surface area contributed by atoms with Gasteiger partial charge in [-0.2, -0.15) is 0 Å². The van der Waals surface area contributed by atoms with Crippen LogP contribution in [-0.2, 0) is 16.7 Å². The highest BCUT2D eigenvalue weighted by molar-refractivity contribution is 5.68. The summed E-state index contributed by atoms with van der Waals surface area (Å²) in [5.74, 6) is 1.11. The van der Waals surface area contributed by atoms with Crippen LogP contribution >= 0.6 is 0 Å². The third-order valence-electron chi connectivity index (χ3n) is 5.17. The van der Waals surface area contributed by atoms with Crippen LogP contribution in [0.1, 0.15) is 38.3 Å². The van der Waals surface area contributed by atoms with Gasteiger partial charge in [-0.05, 0) is 32.4 Å². The smallest absolute Gasteiger partial charge is 0.410 e. The van der Waals surface area contributed by atoms with Crippen molar-refractivity contribution in [3.63, 3.8) is 0 Å². The van der Waals surface area contributed by atoms with Crippen molar-refractivity contribution in [1.82, 2.24) is 4.90 Å². The average Bonchev–Trinajstić information content (AvgIpc) is 2.95. The SMILES string of the molecule is COc1ccc(CN(C)C(=O)OC(C)(C)C)c2c1O[C@H]1C[C@@H](O)C=C[C@@]21CO. The van der Waals surface area contributed by atoms with Gasteiger partial charge in [0.05, 0.1) is 25.2 Å². The quantitative estimate of drug-likeness (QED) is 0.766. The Morgan fingerprint density at radius 3 is 2.71 bits per heavy atom. The zero-order valence-corrected chi connectivity index (χ0v) is 17.1. The molecule has 154 valence electrons. The predicted octanol–water partition coefficient (Wildman–Crippen LogP) is 2.37. The van der Waals surface area contributed by atoms with Gasteiger partial charge in [-0.25, -0.2) is 4.79 Å². The number of nitrogens with zero attached hydrogens (tertiary/aromatic N) is 1. The average molecular weight is 391 g/mol. The summed E-state index contributed by atoms with van der Waals surface area (Å²) in [7, 11) is 3.23. The fourth-order valence-electron chi connectivity index (χ4n) is 3.86. The summed E-state index contributed by atoms with van der Waals surface area (Å²) < 4.78 is 17.0. The van der Waals surface area contributed by atoms with Gasteiger partial charge < -0.3 is 29.3 Å². The number of ether oxygens (including phenoxy) is 3. The van der Waals surface area contributed by atoms with Crippen LogP contribution in [0.5, 0.6) is 11.5 Å². The lowest BCUT2D eigenvalue weighted by Crippen LogP contribution is -2.45. The highest BCUT2D eigenvalue weighted by Gasteiger charge is 2.51. The van der Waals surface area contributed by atoms with E-state index in [1.165, 1.54) is 4.90 Å². The first-order valence-corrected chi connectivity index (χ1v) is 9.40. The molecule has 0 radical (unpaired) electrons. The number of fused-ring (bicyclic) bond motifs is 3. The topological polar surface area (TPSA) is 88.5 Å². The molecule has 0 bridgehead atoms. The summed E-state index contributed by atoms with van der Waals surface area (Å²) in [5.41, 5.74) is 0.253. The van der Waals surface area contributed by atoms with Crippen molar-refractivity contribution in [3.8, 4) is 11.5 Å². The molecule has 3 rings (SSSR count). The summed E-state index contributed by atoms with van der Waals surface area (Å²) in [6.07, 6.45) is 2.41. The Hall–Kier alpha value is -2.25. The third-order valence-corrected chi connectivity index (χ3v) is 5.17. The molecule has 0 fully saturated rings. The van der Waals surface area contributed by atoms with Crippen LogP contribution < -0.4 is 9.47 Å². The van der Waals surface area contributed by atoms with Crippen molar-refractivity contribution in [2.45, 2.75) is 57.0 Å². The molecule has 1 heterocycles. The Labute approximate surface area is 165 Å². The lowest BCUT2D eigenvalue weighted by molar-refractivity contribution is 0.0284. The molecule has 3 atom stereocenters. The van der Waals surface area contributed by atoms with Crippen molar-refractivity contribution in [1.29, 1.82) is 0 Å². The van der Waals surface area contributed by atoms with Gasteiger partial charge >= 0.3 is 6.09 Å². The van der Waals surface area contributed by atoms with E-state index in [1.54, 1.807) is 26.3 Å². The fourth-order valence-corrected chi connectivity index (χ4v) is 3.86. The second kappa shape index (κ2) is 7.29. The van der Waals surface area contributed by atoms with E-state index in [2.05, 4.69) is 0 Å². The maximum Gasteiger partial charge on any atom is 0.410 e. The van der Waals surface area contributed by atoms with Gasteiger partial charge in [-0.1, -0.05) is 18.2 Å². The highest BCUT2D eigenvalue weighted by atomic mass is 16.6. The molecule has 7 nitrogen and oxygen atoms in total. The van der Waals surface area contributed by atoms with Gasteiger partial charge in [0.15, 0.2) is 11.5 Å². The first-order chi connectivity index (χ1) is 13.1. The highest BCUT2D eigenvalue weighted by Crippen LogP contribution is 2.53. The van der Waals surface area contributed by atoms with Gasteiger partial charge in [-0.15, -0.1) is 0 Å². The largest absolute Gasteiger partial charge is 0.493 e. The van der Waals surface area contributed by atoms with Crippen molar-refractivity contribution in [2.24, 2.45) is 0 Å². The number of rotatable bonds is 4. The zero-order chi connectivity index (χ0) is 20.7. The van der Waals surface area contributed by atoms with E-state index >= 15 is 0 Å². The first-order valence-electron chi connectivity index (χ1n) is 9.40. The molecule has 0 aromatic heterocycles. The molecule has 28 heavy (non-hydrogen) atoms. The lowest BCUT2D eigenvalue weighted by Gasteiger charge is -2.35. The van der Waals surface area contributed by atoms with E-state index in [4.69, 9.17) is 14.2 Å². The second-order valence-electron chi connectivity index (χ2n) is 8.43. The molecule has 7 heteroatoms. The predicted molar refractivity (Wildman–Crippen MR) is 104 cm³/mol. The molecule has 1 aromatic carbocycles. The van der Waals surface area contributed by atoms with Crippen LogP contribution in [0.15, 0.2) is 24.3 Å². The summed E-state index contributed by atoms with van der Waals surface area (Å²) in [4.78, 5) is 13.9. The van der Waals surface area contributed by atoms with Crippen molar-refractivity contribution in [2.75, 3.05) is 20.8 Å². The minimum absolute atomic E-state index is 0.176. The number of aliphatic hydroxyl groups excluding tert-OH is 2. The van der Waals surface area contributed by atoms with Gasteiger partial charge in [0.1, 0.15) is 11.7 Å². The van der Waals surface area contributed by atoms with E-state index in [9.17, 15) is 15.0 Å². The number of hydrogen-bond acceptors (Lipinski definition) is 6. The molecular formula is C21H29NO6. The van der Waals surface area contributed by atoms with E-state index in [0.717, 1.165) is 11.1 Å². The molecule has 2 aliphatic rings. The summed E-state index contributed by atoms with van der Waals surface area (Å²) in [6.45, 7) is 5.57. The number of amides is 1. The van der Waals surface area contributed by atoms with Crippen LogP contribution in [-0.4, -0.2) is 59.8 Å². The molecule has 0 saturated carbocycles. The summed E-state index contributed by atoms with van der Waals surface area (Å²) >= 11 is 0. The number of aliphatic hydroxyl groups is 2. The minimum Gasteiger partial charge on any atom is -0.493 e. The van der Waals surface area contributed by atoms with Crippen LogP contribution in [0.3, 0.4) is 0 Å². The number of methoxy groups -OCH3 is 1. The molecule has 2 N–H and O–H groups in total. The minimum atomic E-state index is -0.785. The van der Waals surface area contributed by atoms with Crippen LogP contribution in [0.2, 0.25) is 0 Å². The molecule has 0 saturated heterocycles. The van der Waals surface area contributed by atoms with E-state index in [0.29, 0.717) is 17.9 Å². The molecule has 1 aliphatic carbocycles. The monoisotopic (exact) mass is 391 g/mol. The Bertz CT molecular complexity index is 784. The van der Waals surface area contributed by atoms with Crippen molar-refractivity contribution in [3.05, 3.63) is 35.4 Å². The van der Waals surface area contributed by atoms with Gasteiger partial charge in [0.25, 0.3) is 0 Å². The maximum atomic E-state index is 12.4. The molecule has 1 aliphatic heterocycles. The Kier molecular flexibility index (Phi) is 5.34. The van der Waals surface area contributed by atoms with E-state index in [1.807, 2.05) is 32.9 Å². The molecule has 0 unspecified atom stereocenters. The van der Waals surface area contributed by atoms with Gasteiger partial charge in [-0.3, -0.25) is 0 Å². The number of carbonyl (C=O) groups is 1. The molecule has 1 aromatic rings. The Morgan fingerprint density at radius 2 is 2.11 bits per heavy atom. The number of carbonyl (C=O) groups excluding carboxylic acids is 1. The number of hydrogen-bond donors (Lipinski definition) is 2. The molecule has 0 spiro atoms. The van der Waals surface area contributed by atoms with Crippen LogP contribution in [0.25, 0.3) is 0 Å². The number of benzene rings is 1. The summed E-state index contributed by atoms with van der Waals surface area (Å²) in [5, 5.41) is 20.3. The van der Waals surface area contributed by atoms with Crippen molar-refractivity contribution >= 4 is 6.09 Å².